The molecule has 1 saturated carbocycles. The second kappa shape index (κ2) is 8.23. The first kappa shape index (κ1) is 20.6. The molecule has 2 N–H and O–H groups in total. The van der Waals surface area contributed by atoms with Gasteiger partial charge in [0.15, 0.2) is 5.11 Å². The van der Waals surface area contributed by atoms with Crippen LogP contribution in [0, 0.1) is 26.1 Å². The second-order valence-electron chi connectivity index (χ2n) is 7.49. The number of benzene rings is 2. The molecular formula is C21H19N5O4S. The predicted molar refractivity (Wildman–Crippen MR) is 120 cm³/mol. The van der Waals surface area contributed by atoms with Crippen LogP contribution in [0.2, 0.25) is 0 Å². The lowest BCUT2D eigenvalue weighted by atomic mass is 9.77. The van der Waals surface area contributed by atoms with Crippen molar-refractivity contribution in [2.45, 2.75) is 25.3 Å². The number of nitro benzene ring substituents is 2. The van der Waals surface area contributed by atoms with E-state index in [1.807, 2.05) is 18.2 Å². The summed E-state index contributed by atoms with van der Waals surface area (Å²) in [6, 6.07) is 12.5. The molecule has 0 spiro atoms. The average Bonchev–Trinajstić information content (AvgIpc) is 3.15. The lowest BCUT2D eigenvalue weighted by Crippen LogP contribution is -2.35. The summed E-state index contributed by atoms with van der Waals surface area (Å²) in [5.74, 6) is -0.0396. The van der Waals surface area contributed by atoms with Crippen molar-refractivity contribution in [2.24, 2.45) is 16.8 Å². The zero-order chi connectivity index (χ0) is 22.1. The third kappa shape index (κ3) is 4.02. The predicted octanol–water partition coefficient (Wildman–Crippen LogP) is 4.34. The Morgan fingerprint density at radius 3 is 2.48 bits per heavy atom. The van der Waals surface area contributed by atoms with Crippen molar-refractivity contribution in [3.63, 3.8) is 0 Å². The van der Waals surface area contributed by atoms with Crippen molar-refractivity contribution < 1.29 is 9.85 Å². The number of allylic oxidation sites excluding steroid dienone is 1. The molecule has 2 atom stereocenters. The molecule has 10 heteroatoms. The second-order valence-corrected chi connectivity index (χ2v) is 7.90. The molecule has 2 aliphatic rings. The SMILES string of the molecule is NC(=S)N1N=C2/C(=C\c3cccc([N+](=O)[O-])c3)CCC[C@H]2[C@H]1c1cccc([N+](=O)[O-])c1. The van der Waals surface area contributed by atoms with Crippen LogP contribution in [0.25, 0.3) is 6.08 Å². The van der Waals surface area contributed by atoms with Crippen LogP contribution in [0.1, 0.15) is 36.4 Å². The minimum absolute atomic E-state index is 0.00277. The van der Waals surface area contributed by atoms with E-state index in [0.717, 1.165) is 36.1 Å². The van der Waals surface area contributed by atoms with E-state index in [4.69, 9.17) is 18.0 Å². The minimum Gasteiger partial charge on any atom is -0.375 e. The number of thiocarbonyl (C=S) groups is 1. The molecule has 2 aromatic carbocycles. The number of nitrogens with two attached hydrogens (primary N) is 1. The van der Waals surface area contributed by atoms with Gasteiger partial charge in [-0.15, -0.1) is 0 Å². The lowest BCUT2D eigenvalue weighted by Gasteiger charge is -2.29. The van der Waals surface area contributed by atoms with Crippen molar-refractivity contribution in [1.29, 1.82) is 0 Å². The van der Waals surface area contributed by atoms with E-state index in [1.165, 1.54) is 24.3 Å². The van der Waals surface area contributed by atoms with Crippen molar-refractivity contribution in [3.05, 3.63) is 85.5 Å². The molecule has 0 unspecified atom stereocenters. The molecule has 0 radical (unpaired) electrons. The van der Waals surface area contributed by atoms with Gasteiger partial charge in [-0.2, -0.15) is 5.10 Å². The first-order valence-electron chi connectivity index (χ1n) is 9.72. The summed E-state index contributed by atoms with van der Waals surface area (Å²) in [7, 11) is 0. The topological polar surface area (TPSA) is 128 Å². The maximum atomic E-state index is 11.3. The molecular weight excluding hydrogens is 418 g/mol. The molecule has 9 nitrogen and oxygen atoms in total. The van der Waals surface area contributed by atoms with Crippen LogP contribution in [0.4, 0.5) is 11.4 Å². The van der Waals surface area contributed by atoms with E-state index >= 15 is 0 Å². The van der Waals surface area contributed by atoms with Crippen molar-refractivity contribution in [3.8, 4) is 0 Å². The van der Waals surface area contributed by atoms with Gasteiger partial charge in [0.05, 0.1) is 21.6 Å². The number of nitrogens with zero attached hydrogens (tertiary/aromatic N) is 4. The standard InChI is InChI=1S/C21H19N5O4S/c22-21(31)24-20(15-6-2-8-17(12-15)26(29)30)18-9-3-5-14(19(18)23-24)10-13-4-1-7-16(11-13)25(27)28/h1-2,4,6-8,10-12,18,20H,3,5,9H2,(H2,22,31)/b14-10-/t18-,20-/m1/s1. The Morgan fingerprint density at radius 2 is 1.81 bits per heavy atom. The van der Waals surface area contributed by atoms with Crippen LogP contribution >= 0.6 is 12.2 Å². The molecule has 1 fully saturated rings. The summed E-state index contributed by atoms with van der Waals surface area (Å²) in [6.07, 6.45) is 4.40. The first-order chi connectivity index (χ1) is 14.8. The van der Waals surface area contributed by atoms with Crippen LogP contribution in [0.3, 0.4) is 0 Å². The van der Waals surface area contributed by atoms with Crippen LogP contribution in [-0.4, -0.2) is 25.7 Å². The fourth-order valence-electron chi connectivity index (χ4n) is 4.27. The Kier molecular flexibility index (Phi) is 5.47. The van der Waals surface area contributed by atoms with Gasteiger partial charge in [0.1, 0.15) is 0 Å². The van der Waals surface area contributed by atoms with Gasteiger partial charge >= 0.3 is 0 Å². The minimum atomic E-state index is -0.431. The van der Waals surface area contributed by atoms with Gasteiger partial charge in [0.2, 0.25) is 0 Å². The van der Waals surface area contributed by atoms with Crippen LogP contribution < -0.4 is 5.73 Å². The number of rotatable bonds is 4. The number of hydrogen-bond donors (Lipinski definition) is 1. The van der Waals surface area contributed by atoms with Crippen LogP contribution in [0.5, 0.6) is 0 Å². The quantitative estimate of drug-likeness (QED) is 0.428. The van der Waals surface area contributed by atoms with Gasteiger partial charge in [-0.25, -0.2) is 5.01 Å². The third-order valence-corrected chi connectivity index (χ3v) is 5.76. The number of hydrazone groups is 1. The first-order valence-corrected chi connectivity index (χ1v) is 10.1. The molecule has 31 heavy (non-hydrogen) atoms. The highest BCUT2D eigenvalue weighted by atomic mass is 32.1. The Bertz CT molecular complexity index is 1150. The average molecular weight is 437 g/mol. The van der Waals surface area contributed by atoms with E-state index in [2.05, 4.69) is 5.10 Å². The largest absolute Gasteiger partial charge is 0.375 e. The van der Waals surface area contributed by atoms with E-state index in [0.29, 0.717) is 5.56 Å². The molecule has 4 rings (SSSR count). The highest BCUT2D eigenvalue weighted by molar-refractivity contribution is 7.80. The molecule has 2 aromatic rings. The van der Waals surface area contributed by atoms with E-state index in [-0.39, 0.29) is 28.4 Å². The monoisotopic (exact) mass is 437 g/mol. The third-order valence-electron chi connectivity index (χ3n) is 5.57. The van der Waals surface area contributed by atoms with Gasteiger partial charge < -0.3 is 5.73 Å². The zero-order valence-electron chi connectivity index (χ0n) is 16.4. The van der Waals surface area contributed by atoms with Crippen molar-refractivity contribution >= 4 is 40.5 Å². The fraction of sp³-hybridized carbons (Fsp3) is 0.238. The number of non-ortho nitro benzene ring substituents is 2. The smallest absolute Gasteiger partial charge is 0.270 e. The van der Waals surface area contributed by atoms with E-state index < -0.39 is 9.85 Å². The summed E-state index contributed by atoms with van der Waals surface area (Å²) in [5.41, 5.74) is 9.20. The summed E-state index contributed by atoms with van der Waals surface area (Å²) in [4.78, 5) is 21.5. The molecule has 0 bridgehead atoms. The number of fused-ring (bicyclic) bond motifs is 1. The molecule has 0 aromatic heterocycles. The Labute approximate surface area is 183 Å². The molecule has 0 amide bonds. The highest BCUT2D eigenvalue weighted by Crippen LogP contribution is 2.44. The molecule has 1 heterocycles. The van der Waals surface area contributed by atoms with Gasteiger partial charge in [-0.05, 0) is 54.3 Å². The number of nitro groups is 2. The number of hydrogen-bond acceptors (Lipinski definition) is 6. The van der Waals surface area contributed by atoms with E-state index in [1.54, 1.807) is 17.1 Å². The Balaban J connectivity index is 1.74. The maximum Gasteiger partial charge on any atom is 0.270 e. The summed E-state index contributed by atoms with van der Waals surface area (Å²) < 4.78 is 0. The maximum absolute atomic E-state index is 11.3. The van der Waals surface area contributed by atoms with Gasteiger partial charge in [-0.3, -0.25) is 20.2 Å². The van der Waals surface area contributed by atoms with Gasteiger partial charge in [0, 0.05) is 30.2 Å². The molecule has 0 saturated heterocycles. The zero-order valence-corrected chi connectivity index (χ0v) is 17.2. The molecule has 158 valence electrons. The molecule has 1 aliphatic heterocycles. The van der Waals surface area contributed by atoms with Crippen molar-refractivity contribution in [2.75, 3.05) is 0 Å². The van der Waals surface area contributed by atoms with Crippen LogP contribution in [-0.2, 0) is 0 Å². The van der Waals surface area contributed by atoms with Crippen molar-refractivity contribution in [1.82, 2.24) is 5.01 Å². The summed E-state index contributed by atoms with van der Waals surface area (Å²) in [5, 5.41) is 28.7. The highest BCUT2D eigenvalue weighted by Gasteiger charge is 2.42. The van der Waals surface area contributed by atoms with Gasteiger partial charge in [-0.1, -0.05) is 24.3 Å². The summed E-state index contributed by atoms with van der Waals surface area (Å²) in [6.45, 7) is 0. The normalized spacial score (nSPS) is 21.5. The van der Waals surface area contributed by atoms with Gasteiger partial charge in [0.25, 0.3) is 11.4 Å². The lowest BCUT2D eigenvalue weighted by molar-refractivity contribution is -0.385. The Hall–Kier alpha value is -3.66. The summed E-state index contributed by atoms with van der Waals surface area (Å²) >= 11 is 5.22. The van der Waals surface area contributed by atoms with E-state index in [9.17, 15) is 20.2 Å². The Morgan fingerprint density at radius 1 is 1.13 bits per heavy atom. The fourth-order valence-corrected chi connectivity index (χ4v) is 4.42. The molecule has 1 aliphatic carbocycles. The van der Waals surface area contributed by atoms with Crippen LogP contribution in [0.15, 0.2) is 59.2 Å².